The minimum Gasteiger partial charge on any atom is -0.328 e. The minimum atomic E-state index is 0.319. The van der Waals surface area contributed by atoms with E-state index in [2.05, 4.69) is 20.4 Å². The van der Waals surface area contributed by atoms with Crippen LogP contribution in [0.25, 0.3) is 0 Å². The monoisotopic (exact) mass is 189 g/mol. The van der Waals surface area contributed by atoms with Crippen LogP contribution >= 0.6 is 0 Å². The van der Waals surface area contributed by atoms with Crippen molar-refractivity contribution in [2.24, 2.45) is 5.73 Å². The van der Waals surface area contributed by atoms with Crippen LogP contribution in [0.4, 0.5) is 0 Å². The van der Waals surface area contributed by atoms with Crippen LogP contribution in [0, 0.1) is 0 Å². The Bertz CT molecular complexity index is 228. The molecule has 0 aliphatic heterocycles. The lowest BCUT2D eigenvalue weighted by Gasteiger charge is -2.07. The standard InChI is InChI=1S/C12H20BN/c1-4-11(13)8-6-10(3)7-9-12(14)5-2/h4,6,8,12H,1,5,7,9,14H2,2-3H3/b10-6+,11-8+. The van der Waals surface area contributed by atoms with Crippen molar-refractivity contribution in [3.63, 3.8) is 0 Å². The van der Waals surface area contributed by atoms with Gasteiger partial charge in [0.1, 0.15) is 7.85 Å². The highest BCUT2D eigenvalue weighted by atomic mass is 14.6. The van der Waals surface area contributed by atoms with Gasteiger partial charge in [-0.25, -0.2) is 0 Å². The first-order valence-corrected chi connectivity index (χ1v) is 5.11. The molecule has 0 bridgehead atoms. The second kappa shape index (κ2) is 7.63. The van der Waals surface area contributed by atoms with E-state index in [-0.39, 0.29) is 0 Å². The van der Waals surface area contributed by atoms with Gasteiger partial charge in [-0.3, -0.25) is 0 Å². The number of rotatable bonds is 6. The van der Waals surface area contributed by atoms with Crippen LogP contribution in [0.15, 0.2) is 35.9 Å². The van der Waals surface area contributed by atoms with Gasteiger partial charge in [0.05, 0.1) is 0 Å². The Labute approximate surface area is 89.2 Å². The summed E-state index contributed by atoms with van der Waals surface area (Å²) in [6.07, 6.45) is 8.66. The van der Waals surface area contributed by atoms with Crippen LogP contribution in [0.5, 0.6) is 0 Å². The van der Waals surface area contributed by atoms with Crippen molar-refractivity contribution in [2.75, 3.05) is 0 Å². The van der Waals surface area contributed by atoms with Crippen LogP contribution in [0.2, 0.25) is 0 Å². The second-order valence-electron chi connectivity index (χ2n) is 3.59. The van der Waals surface area contributed by atoms with E-state index in [1.54, 1.807) is 6.08 Å². The molecular weight excluding hydrogens is 169 g/mol. The van der Waals surface area contributed by atoms with E-state index >= 15 is 0 Å². The van der Waals surface area contributed by atoms with Crippen LogP contribution in [0.1, 0.15) is 33.1 Å². The molecule has 0 saturated heterocycles. The molecule has 0 aromatic carbocycles. The molecule has 0 fully saturated rings. The summed E-state index contributed by atoms with van der Waals surface area (Å²) in [6.45, 7) is 7.79. The average Bonchev–Trinajstić information content (AvgIpc) is 2.22. The summed E-state index contributed by atoms with van der Waals surface area (Å²) in [4.78, 5) is 0. The van der Waals surface area contributed by atoms with Gasteiger partial charge in [0.15, 0.2) is 0 Å². The molecule has 2 heteroatoms. The quantitative estimate of drug-likeness (QED) is 0.504. The van der Waals surface area contributed by atoms with Crippen LogP contribution in [-0.2, 0) is 0 Å². The first-order chi connectivity index (χ1) is 6.60. The lowest BCUT2D eigenvalue weighted by Crippen LogP contribution is -2.17. The van der Waals surface area contributed by atoms with E-state index in [1.165, 1.54) is 5.57 Å². The first kappa shape index (κ1) is 13.2. The van der Waals surface area contributed by atoms with Crippen molar-refractivity contribution < 1.29 is 0 Å². The third kappa shape index (κ3) is 6.73. The SMILES string of the molecule is [B]/C(C=C)=C/C=C(\C)CCC(N)CC. The highest BCUT2D eigenvalue weighted by Gasteiger charge is 1.98. The molecular formula is C12H20BN. The van der Waals surface area contributed by atoms with Gasteiger partial charge in [-0.05, 0) is 26.2 Å². The molecule has 76 valence electrons. The summed E-state index contributed by atoms with van der Waals surface area (Å²) in [7, 11) is 5.58. The molecule has 1 atom stereocenters. The molecule has 0 aromatic heterocycles. The lowest BCUT2D eigenvalue weighted by atomic mass is 9.95. The van der Waals surface area contributed by atoms with Gasteiger partial charge >= 0.3 is 0 Å². The number of allylic oxidation sites excluding steroid dienone is 5. The molecule has 0 aromatic rings. The number of nitrogens with two attached hydrogens (primary N) is 1. The zero-order valence-electron chi connectivity index (χ0n) is 9.29. The second-order valence-corrected chi connectivity index (χ2v) is 3.59. The van der Waals surface area contributed by atoms with E-state index in [9.17, 15) is 0 Å². The Kier molecular flexibility index (Phi) is 7.22. The maximum absolute atomic E-state index is 5.82. The summed E-state index contributed by atoms with van der Waals surface area (Å²) in [5.41, 5.74) is 7.82. The normalized spacial score (nSPS) is 15.4. The van der Waals surface area contributed by atoms with E-state index in [4.69, 9.17) is 13.6 Å². The highest BCUT2D eigenvalue weighted by molar-refractivity contribution is 6.23. The minimum absolute atomic E-state index is 0.319. The Balaban J connectivity index is 3.95. The van der Waals surface area contributed by atoms with E-state index in [0.717, 1.165) is 19.3 Å². The van der Waals surface area contributed by atoms with Crippen LogP contribution < -0.4 is 5.73 Å². The fraction of sp³-hybridized carbons (Fsp3) is 0.500. The Morgan fingerprint density at radius 1 is 1.50 bits per heavy atom. The third-order valence-corrected chi connectivity index (χ3v) is 2.23. The van der Waals surface area contributed by atoms with E-state index in [0.29, 0.717) is 11.5 Å². The van der Waals surface area contributed by atoms with E-state index < -0.39 is 0 Å². The number of hydrogen-bond acceptors (Lipinski definition) is 1. The van der Waals surface area contributed by atoms with Gasteiger partial charge in [-0.2, -0.15) is 0 Å². The summed E-state index contributed by atoms with van der Waals surface area (Å²) in [5.74, 6) is 0. The zero-order chi connectivity index (χ0) is 11.0. The predicted molar refractivity (Wildman–Crippen MR) is 65.3 cm³/mol. The van der Waals surface area contributed by atoms with E-state index in [1.807, 2.05) is 12.2 Å². The maximum Gasteiger partial charge on any atom is 0.113 e. The van der Waals surface area contributed by atoms with Gasteiger partial charge in [0.2, 0.25) is 0 Å². The topological polar surface area (TPSA) is 26.0 Å². The fourth-order valence-electron chi connectivity index (χ4n) is 1.01. The summed E-state index contributed by atoms with van der Waals surface area (Å²) in [5, 5.41) is 0. The van der Waals surface area contributed by atoms with Crippen molar-refractivity contribution in [2.45, 2.75) is 39.2 Å². The Morgan fingerprint density at radius 2 is 2.14 bits per heavy atom. The molecule has 0 rings (SSSR count). The molecule has 14 heavy (non-hydrogen) atoms. The smallest absolute Gasteiger partial charge is 0.113 e. The molecule has 2 radical (unpaired) electrons. The first-order valence-electron chi connectivity index (χ1n) is 5.11. The van der Waals surface area contributed by atoms with Crippen molar-refractivity contribution in [1.29, 1.82) is 0 Å². The predicted octanol–water partition coefficient (Wildman–Crippen LogP) is 2.69. The van der Waals surface area contributed by atoms with Gasteiger partial charge in [0.25, 0.3) is 0 Å². The summed E-state index contributed by atoms with van der Waals surface area (Å²) < 4.78 is 0. The molecule has 0 amide bonds. The third-order valence-electron chi connectivity index (χ3n) is 2.23. The van der Waals surface area contributed by atoms with Crippen LogP contribution in [0.3, 0.4) is 0 Å². The molecule has 0 heterocycles. The molecule has 0 saturated carbocycles. The van der Waals surface area contributed by atoms with Crippen molar-refractivity contribution in [3.8, 4) is 0 Å². The van der Waals surface area contributed by atoms with Gasteiger partial charge in [-0.1, -0.05) is 42.8 Å². The largest absolute Gasteiger partial charge is 0.328 e. The van der Waals surface area contributed by atoms with Gasteiger partial charge < -0.3 is 5.73 Å². The average molecular weight is 189 g/mol. The molecule has 1 nitrogen and oxygen atoms in total. The Morgan fingerprint density at radius 3 is 2.64 bits per heavy atom. The van der Waals surface area contributed by atoms with Crippen molar-refractivity contribution >= 4 is 7.85 Å². The molecule has 0 aliphatic carbocycles. The summed E-state index contributed by atoms with van der Waals surface area (Å²) in [6, 6.07) is 0.319. The lowest BCUT2D eigenvalue weighted by molar-refractivity contribution is 0.594. The fourth-order valence-corrected chi connectivity index (χ4v) is 1.01. The molecule has 1 unspecified atom stereocenters. The van der Waals surface area contributed by atoms with Crippen molar-refractivity contribution in [3.05, 3.63) is 35.9 Å². The zero-order valence-corrected chi connectivity index (χ0v) is 9.29. The maximum atomic E-state index is 5.82. The highest BCUT2D eigenvalue weighted by Crippen LogP contribution is 2.08. The molecule has 0 spiro atoms. The molecule has 0 aliphatic rings. The number of hydrogen-bond donors (Lipinski definition) is 1. The van der Waals surface area contributed by atoms with Crippen molar-refractivity contribution in [1.82, 2.24) is 0 Å². The van der Waals surface area contributed by atoms with Gasteiger partial charge in [-0.15, -0.1) is 0 Å². The Hall–Kier alpha value is -0.755. The summed E-state index contributed by atoms with van der Waals surface area (Å²) >= 11 is 0. The molecule has 2 N–H and O–H groups in total. The van der Waals surface area contributed by atoms with Crippen LogP contribution in [-0.4, -0.2) is 13.9 Å². The van der Waals surface area contributed by atoms with Gasteiger partial charge in [0, 0.05) is 6.04 Å².